The topological polar surface area (TPSA) is 63.6 Å². The minimum absolute atomic E-state index is 0.0485. The molecule has 126 valence electrons. The number of esters is 1. The molecule has 0 radical (unpaired) electrons. The van der Waals surface area contributed by atoms with Crippen molar-refractivity contribution in [3.63, 3.8) is 0 Å². The standard InChI is InChI=1S/C20H22O4/c1-20(2,3)13-17(14-9-5-4-6-10-14)24-19(23)16-12-8-7-11-15(16)18(21)22/h4-12,17H,13H2,1-3H3,(H,21,22)/t17-/m0/s1. The number of carboxylic acid groups (broad SMARTS) is 1. The zero-order chi connectivity index (χ0) is 17.7. The van der Waals surface area contributed by atoms with Crippen LogP contribution in [-0.2, 0) is 4.74 Å². The summed E-state index contributed by atoms with van der Waals surface area (Å²) in [6, 6.07) is 15.6. The molecule has 0 bridgehead atoms. The monoisotopic (exact) mass is 326 g/mol. The maximum absolute atomic E-state index is 12.6. The lowest BCUT2D eigenvalue weighted by atomic mass is 9.87. The Labute approximate surface area is 142 Å². The molecule has 0 fully saturated rings. The first-order valence-electron chi connectivity index (χ1n) is 7.86. The fourth-order valence-corrected chi connectivity index (χ4v) is 2.49. The van der Waals surface area contributed by atoms with Crippen molar-refractivity contribution in [2.45, 2.75) is 33.3 Å². The van der Waals surface area contributed by atoms with Gasteiger partial charge in [0.15, 0.2) is 0 Å². The third-order valence-electron chi connectivity index (χ3n) is 3.60. The van der Waals surface area contributed by atoms with E-state index >= 15 is 0 Å². The minimum atomic E-state index is -1.14. The first-order valence-corrected chi connectivity index (χ1v) is 7.86. The summed E-state index contributed by atoms with van der Waals surface area (Å²) < 4.78 is 5.69. The molecule has 0 aliphatic carbocycles. The van der Waals surface area contributed by atoms with E-state index in [2.05, 4.69) is 20.8 Å². The van der Waals surface area contributed by atoms with Gasteiger partial charge in [0.2, 0.25) is 0 Å². The summed E-state index contributed by atoms with van der Waals surface area (Å²) in [7, 11) is 0. The molecule has 0 amide bonds. The molecule has 0 heterocycles. The number of ether oxygens (including phenoxy) is 1. The van der Waals surface area contributed by atoms with Crippen LogP contribution in [0.1, 0.15) is 59.6 Å². The number of aromatic carboxylic acids is 1. The number of carbonyl (C=O) groups is 2. The molecule has 1 atom stereocenters. The average Bonchev–Trinajstić information content (AvgIpc) is 2.53. The Bertz CT molecular complexity index is 714. The van der Waals surface area contributed by atoms with Gasteiger partial charge in [0.25, 0.3) is 0 Å². The van der Waals surface area contributed by atoms with E-state index in [0.29, 0.717) is 6.42 Å². The highest BCUT2D eigenvalue weighted by Gasteiger charge is 2.26. The van der Waals surface area contributed by atoms with Crippen molar-refractivity contribution in [3.05, 3.63) is 71.3 Å². The number of rotatable bonds is 5. The van der Waals surface area contributed by atoms with Crippen molar-refractivity contribution in [2.24, 2.45) is 5.41 Å². The van der Waals surface area contributed by atoms with Crippen molar-refractivity contribution in [3.8, 4) is 0 Å². The molecule has 0 saturated carbocycles. The summed E-state index contributed by atoms with van der Waals surface area (Å²) in [4.78, 5) is 23.9. The fourth-order valence-electron chi connectivity index (χ4n) is 2.49. The summed E-state index contributed by atoms with van der Waals surface area (Å²) in [5.74, 6) is -1.76. The number of carbonyl (C=O) groups excluding carboxylic acids is 1. The molecule has 2 aromatic carbocycles. The molecule has 4 heteroatoms. The molecule has 0 unspecified atom stereocenters. The zero-order valence-corrected chi connectivity index (χ0v) is 14.2. The lowest BCUT2D eigenvalue weighted by Crippen LogP contribution is -2.19. The van der Waals surface area contributed by atoms with Crippen LogP contribution in [0.15, 0.2) is 54.6 Å². The van der Waals surface area contributed by atoms with Gasteiger partial charge in [0.1, 0.15) is 6.10 Å². The van der Waals surface area contributed by atoms with Crippen LogP contribution >= 0.6 is 0 Å². The van der Waals surface area contributed by atoms with E-state index < -0.39 is 18.0 Å². The van der Waals surface area contributed by atoms with Gasteiger partial charge in [-0.15, -0.1) is 0 Å². The minimum Gasteiger partial charge on any atom is -0.478 e. The van der Waals surface area contributed by atoms with E-state index in [9.17, 15) is 14.7 Å². The van der Waals surface area contributed by atoms with Gasteiger partial charge in [0.05, 0.1) is 11.1 Å². The summed E-state index contributed by atoms with van der Waals surface area (Å²) >= 11 is 0. The van der Waals surface area contributed by atoms with E-state index in [-0.39, 0.29) is 16.5 Å². The third-order valence-corrected chi connectivity index (χ3v) is 3.60. The highest BCUT2D eigenvalue weighted by Crippen LogP contribution is 2.33. The van der Waals surface area contributed by atoms with Crippen LogP contribution in [0.3, 0.4) is 0 Å². The van der Waals surface area contributed by atoms with Gasteiger partial charge < -0.3 is 9.84 Å². The van der Waals surface area contributed by atoms with Crippen LogP contribution in [0.25, 0.3) is 0 Å². The van der Waals surface area contributed by atoms with Gasteiger partial charge >= 0.3 is 11.9 Å². The molecule has 0 saturated heterocycles. The second kappa shape index (κ2) is 7.30. The smallest absolute Gasteiger partial charge is 0.339 e. The Morgan fingerprint density at radius 2 is 1.50 bits per heavy atom. The lowest BCUT2D eigenvalue weighted by molar-refractivity contribution is 0.0191. The molecule has 1 N–H and O–H groups in total. The molecule has 2 aromatic rings. The summed E-state index contributed by atoms with van der Waals surface area (Å²) in [6.07, 6.45) is 0.207. The number of hydrogen-bond donors (Lipinski definition) is 1. The largest absolute Gasteiger partial charge is 0.478 e. The first kappa shape index (κ1) is 17.7. The Morgan fingerprint density at radius 1 is 0.958 bits per heavy atom. The van der Waals surface area contributed by atoms with Gasteiger partial charge in [0, 0.05) is 0 Å². The maximum atomic E-state index is 12.6. The second-order valence-electron chi connectivity index (χ2n) is 6.92. The van der Waals surface area contributed by atoms with Crippen molar-refractivity contribution in [2.75, 3.05) is 0 Å². The van der Waals surface area contributed by atoms with Gasteiger partial charge in [-0.1, -0.05) is 63.2 Å². The van der Waals surface area contributed by atoms with Crippen LogP contribution in [0.4, 0.5) is 0 Å². The highest BCUT2D eigenvalue weighted by atomic mass is 16.5. The van der Waals surface area contributed by atoms with Gasteiger partial charge in [-0.3, -0.25) is 0 Å². The van der Waals surface area contributed by atoms with Crippen LogP contribution in [0, 0.1) is 5.41 Å². The second-order valence-corrected chi connectivity index (χ2v) is 6.92. The molecule has 0 aliphatic heterocycles. The Balaban J connectivity index is 2.30. The van der Waals surface area contributed by atoms with Crippen LogP contribution in [-0.4, -0.2) is 17.0 Å². The van der Waals surface area contributed by atoms with E-state index in [0.717, 1.165) is 5.56 Å². The van der Waals surface area contributed by atoms with Crippen LogP contribution < -0.4 is 0 Å². The number of carboxylic acids is 1. The van der Waals surface area contributed by atoms with Gasteiger partial charge in [-0.25, -0.2) is 9.59 Å². The molecule has 4 nitrogen and oxygen atoms in total. The Morgan fingerprint density at radius 3 is 2.04 bits per heavy atom. The molecular weight excluding hydrogens is 304 g/mol. The van der Waals surface area contributed by atoms with E-state index in [1.807, 2.05) is 30.3 Å². The molecule has 0 aliphatic rings. The van der Waals surface area contributed by atoms with Crippen LogP contribution in [0.2, 0.25) is 0 Å². The molecule has 0 spiro atoms. The predicted molar refractivity (Wildman–Crippen MR) is 92.1 cm³/mol. The van der Waals surface area contributed by atoms with Gasteiger partial charge in [-0.05, 0) is 29.5 Å². The van der Waals surface area contributed by atoms with E-state index in [4.69, 9.17) is 4.74 Å². The highest BCUT2D eigenvalue weighted by molar-refractivity contribution is 6.02. The molecule has 0 aromatic heterocycles. The van der Waals surface area contributed by atoms with Crippen LogP contribution in [0.5, 0.6) is 0 Å². The fraction of sp³-hybridized carbons (Fsp3) is 0.300. The van der Waals surface area contributed by atoms with Crippen molar-refractivity contribution >= 4 is 11.9 Å². The summed E-state index contributed by atoms with van der Waals surface area (Å²) in [5, 5.41) is 9.24. The Kier molecular flexibility index (Phi) is 5.39. The first-order chi connectivity index (χ1) is 11.3. The number of benzene rings is 2. The Hall–Kier alpha value is -2.62. The normalized spacial score (nSPS) is 12.5. The maximum Gasteiger partial charge on any atom is 0.339 e. The molecular formula is C20H22O4. The summed E-state index contributed by atoms with van der Waals surface area (Å²) in [6.45, 7) is 6.21. The molecule has 24 heavy (non-hydrogen) atoms. The summed E-state index contributed by atoms with van der Waals surface area (Å²) in [5.41, 5.74) is 0.867. The van der Waals surface area contributed by atoms with Crippen molar-refractivity contribution in [1.29, 1.82) is 0 Å². The molecule has 2 rings (SSSR count). The van der Waals surface area contributed by atoms with Crippen molar-refractivity contribution in [1.82, 2.24) is 0 Å². The number of hydrogen-bond acceptors (Lipinski definition) is 3. The predicted octanol–water partition coefficient (Wildman–Crippen LogP) is 4.72. The van der Waals surface area contributed by atoms with Gasteiger partial charge in [-0.2, -0.15) is 0 Å². The van der Waals surface area contributed by atoms with Crippen molar-refractivity contribution < 1.29 is 19.4 Å². The zero-order valence-electron chi connectivity index (χ0n) is 14.2. The quantitative estimate of drug-likeness (QED) is 0.808. The lowest BCUT2D eigenvalue weighted by Gasteiger charge is -2.26. The van der Waals surface area contributed by atoms with E-state index in [1.54, 1.807) is 12.1 Å². The van der Waals surface area contributed by atoms with E-state index in [1.165, 1.54) is 12.1 Å². The third kappa shape index (κ3) is 4.69. The SMILES string of the molecule is CC(C)(C)C[C@H](OC(=O)c1ccccc1C(=O)O)c1ccccc1. The average molecular weight is 326 g/mol.